The van der Waals surface area contributed by atoms with Crippen LogP contribution in [0.15, 0.2) is 0 Å². The lowest BCUT2D eigenvalue weighted by molar-refractivity contribution is -0.0195. The number of unbranched alkanes of at least 4 members (excludes halogenated alkanes) is 1. The molecular formula is C14H23ClN2. The van der Waals surface area contributed by atoms with Gasteiger partial charge in [-0.1, -0.05) is 0 Å². The minimum Gasteiger partial charge on any atom is -0.311 e. The van der Waals surface area contributed by atoms with Gasteiger partial charge in [-0.2, -0.15) is 5.26 Å². The third-order valence-electron chi connectivity index (χ3n) is 5.00. The fraction of sp³-hybridized carbons (Fsp3) is 0.929. The molecule has 0 unspecified atom stereocenters. The lowest BCUT2D eigenvalue weighted by Gasteiger charge is -2.57. The van der Waals surface area contributed by atoms with Gasteiger partial charge in [0, 0.05) is 12.0 Å². The van der Waals surface area contributed by atoms with Crippen molar-refractivity contribution in [2.24, 2.45) is 17.8 Å². The zero-order chi connectivity index (χ0) is 11.0. The number of hydrogen-bond donors (Lipinski definition) is 1. The summed E-state index contributed by atoms with van der Waals surface area (Å²) in [4.78, 5) is 0. The van der Waals surface area contributed by atoms with Crippen molar-refractivity contribution in [3.63, 3.8) is 0 Å². The zero-order valence-electron chi connectivity index (χ0n) is 10.5. The Morgan fingerprint density at radius 1 is 1.06 bits per heavy atom. The van der Waals surface area contributed by atoms with E-state index in [9.17, 15) is 0 Å². The van der Waals surface area contributed by atoms with E-state index in [2.05, 4.69) is 11.4 Å². The molecule has 1 N–H and O–H groups in total. The molecule has 4 aliphatic rings. The van der Waals surface area contributed by atoms with Crippen LogP contribution in [0.4, 0.5) is 0 Å². The molecule has 0 aromatic heterocycles. The number of hydrogen-bond acceptors (Lipinski definition) is 2. The van der Waals surface area contributed by atoms with Gasteiger partial charge < -0.3 is 5.32 Å². The topological polar surface area (TPSA) is 35.8 Å². The number of nitrogens with zero attached hydrogens (tertiary/aromatic N) is 1. The molecule has 4 rings (SSSR count). The largest absolute Gasteiger partial charge is 0.311 e. The molecule has 3 heteroatoms. The standard InChI is InChI=1S/C14H22N2.ClH/c15-3-1-2-4-16-14-8-11-5-12(9-14)7-13(6-11)10-14;/h11-13,16H,1-2,4-10H2;1H. The molecule has 0 amide bonds. The Kier molecular flexibility index (Phi) is 4.00. The van der Waals surface area contributed by atoms with E-state index in [1.165, 1.54) is 38.5 Å². The molecule has 17 heavy (non-hydrogen) atoms. The summed E-state index contributed by atoms with van der Waals surface area (Å²) in [7, 11) is 0. The maximum atomic E-state index is 8.55. The van der Waals surface area contributed by atoms with Crippen molar-refractivity contribution in [3.8, 4) is 6.07 Å². The molecule has 4 aliphatic carbocycles. The van der Waals surface area contributed by atoms with Crippen LogP contribution >= 0.6 is 12.4 Å². The summed E-state index contributed by atoms with van der Waals surface area (Å²) in [5.74, 6) is 3.07. The summed E-state index contributed by atoms with van der Waals surface area (Å²) in [6.07, 6.45) is 10.5. The number of nitriles is 1. The smallest absolute Gasteiger partial charge is 0.0622 e. The third kappa shape index (κ3) is 2.61. The molecule has 0 spiro atoms. The van der Waals surface area contributed by atoms with E-state index in [0.29, 0.717) is 12.0 Å². The SMILES string of the molecule is Cl.N#CCCCNC12CC3CC(CC(C3)C1)C2. The summed E-state index contributed by atoms with van der Waals surface area (Å²) < 4.78 is 0. The first-order valence-electron chi connectivity index (χ1n) is 6.92. The number of rotatable bonds is 4. The minimum atomic E-state index is 0. The average Bonchev–Trinajstić information content (AvgIpc) is 2.22. The molecule has 4 fully saturated rings. The van der Waals surface area contributed by atoms with Crippen LogP contribution in [0.2, 0.25) is 0 Å². The summed E-state index contributed by atoms with van der Waals surface area (Å²) in [6, 6.07) is 2.24. The van der Waals surface area contributed by atoms with E-state index in [1.807, 2.05) is 0 Å². The van der Waals surface area contributed by atoms with E-state index >= 15 is 0 Å². The Morgan fingerprint density at radius 3 is 2.06 bits per heavy atom. The van der Waals surface area contributed by atoms with Gasteiger partial charge in [0.05, 0.1) is 6.07 Å². The number of halogens is 1. The molecule has 96 valence electrons. The summed E-state index contributed by atoms with van der Waals surface area (Å²) in [5.41, 5.74) is 0.490. The van der Waals surface area contributed by atoms with Gasteiger partial charge in [-0.15, -0.1) is 12.4 Å². The molecule has 0 saturated heterocycles. The molecule has 0 aromatic rings. The van der Waals surface area contributed by atoms with Gasteiger partial charge >= 0.3 is 0 Å². The van der Waals surface area contributed by atoms with Crippen LogP contribution in [-0.2, 0) is 0 Å². The van der Waals surface area contributed by atoms with Crippen LogP contribution in [0.3, 0.4) is 0 Å². The van der Waals surface area contributed by atoms with E-state index in [4.69, 9.17) is 5.26 Å². The Morgan fingerprint density at radius 2 is 1.59 bits per heavy atom. The molecule has 0 aromatic carbocycles. The first-order valence-corrected chi connectivity index (χ1v) is 6.92. The fourth-order valence-corrected chi connectivity index (χ4v) is 4.85. The van der Waals surface area contributed by atoms with Crippen molar-refractivity contribution in [2.45, 2.75) is 56.9 Å². The van der Waals surface area contributed by atoms with Gasteiger partial charge in [-0.3, -0.25) is 0 Å². The van der Waals surface area contributed by atoms with Crippen molar-refractivity contribution in [2.75, 3.05) is 6.54 Å². The van der Waals surface area contributed by atoms with E-state index in [0.717, 1.165) is 30.7 Å². The minimum absolute atomic E-state index is 0. The van der Waals surface area contributed by atoms with Crippen molar-refractivity contribution in [3.05, 3.63) is 0 Å². The van der Waals surface area contributed by atoms with Crippen molar-refractivity contribution in [1.29, 1.82) is 5.26 Å². The Balaban J connectivity index is 0.00000108. The second-order valence-corrected chi connectivity index (χ2v) is 6.39. The lowest BCUT2D eigenvalue weighted by atomic mass is 9.53. The maximum absolute atomic E-state index is 8.55. The van der Waals surface area contributed by atoms with Gasteiger partial charge in [-0.25, -0.2) is 0 Å². The summed E-state index contributed by atoms with van der Waals surface area (Å²) in [5, 5.41) is 12.4. The average molecular weight is 255 g/mol. The molecule has 0 atom stereocenters. The van der Waals surface area contributed by atoms with Crippen LogP contribution in [-0.4, -0.2) is 12.1 Å². The Labute approximate surface area is 111 Å². The third-order valence-corrected chi connectivity index (χ3v) is 5.00. The van der Waals surface area contributed by atoms with Crippen LogP contribution in [0, 0.1) is 29.1 Å². The van der Waals surface area contributed by atoms with Gasteiger partial charge in [0.15, 0.2) is 0 Å². The predicted octanol–water partition coefficient (Wildman–Crippen LogP) is 3.27. The van der Waals surface area contributed by atoms with Crippen molar-refractivity contribution >= 4 is 12.4 Å². The van der Waals surface area contributed by atoms with Crippen molar-refractivity contribution < 1.29 is 0 Å². The van der Waals surface area contributed by atoms with Gasteiger partial charge in [-0.05, 0) is 69.2 Å². The van der Waals surface area contributed by atoms with Crippen molar-refractivity contribution in [1.82, 2.24) is 5.32 Å². The molecule has 0 aliphatic heterocycles. The first-order chi connectivity index (χ1) is 7.80. The Hall–Kier alpha value is -0.260. The van der Waals surface area contributed by atoms with Gasteiger partial charge in [0.2, 0.25) is 0 Å². The summed E-state index contributed by atoms with van der Waals surface area (Å²) >= 11 is 0. The highest BCUT2D eigenvalue weighted by Gasteiger charge is 2.50. The summed E-state index contributed by atoms with van der Waals surface area (Å²) in [6.45, 7) is 1.06. The first kappa shape index (κ1) is 13.2. The second-order valence-electron chi connectivity index (χ2n) is 6.39. The van der Waals surface area contributed by atoms with Crippen LogP contribution in [0.1, 0.15) is 51.4 Å². The van der Waals surface area contributed by atoms with E-state index in [-0.39, 0.29) is 12.4 Å². The highest BCUT2D eigenvalue weighted by molar-refractivity contribution is 5.85. The van der Waals surface area contributed by atoms with Gasteiger partial charge in [0.25, 0.3) is 0 Å². The molecule has 0 radical (unpaired) electrons. The van der Waals surface area contributed by atoms with Crippen LogP contribution < -0.4 is 5.32 Å². The highest BCUT2D eigenvalue weighted by Crippen LogP contribution is 2.55. The second kappa shape index (κ2) is 5.16. The lowest BCUT2D eigenvalue weighted by Crippen LogP contribution is -2.58. The monoisotopic (exact) mass is 254 g/mol. The van der Waals surface area contributed by atoms with E-state index < -0.39 is 0 Å². The fourth-order valence-electron chi connectivity index (χ4n) is 4.85. The number of nitrogens with one attached hydrogen (secondary N) is 1. The molecule has 4 bridgehead atoms. The maximum Gasteiger partial charge on any atom is 0.0622 e. The molecule has 2 nitrogen and oxygen atoms in total. The highest BCUT2D eigenvalue weighted by atomic mass is 35.5. The molecular weight excluding hydrogens is 232 g/mol. The van der Waals surface area contributed by atoms with E-state index in [1.54, 1.807) is 0 Å². The Bertz CT molecular complexity index is 273. The predicted molar refractivity (Wildman–Crippen MR) is 71.0 cm³/mol. The molecule has 0 heterocycles. The quantitative estimate of drug-likeness (QED) is 0.782. The zero-order valence-corrected chi connectivity index (χ0v) is 11.3. The normalized spacial score (nSPS) is 41.9. The molecule has 4 saturated carbocycles. The van der Waals surface area contributed by atoms with Crippen LogP contribution in [0.25, 0.3) is 0 Å². The van der Waals surface area contributed by atoms with Crippen LogP contribution in [0.5, 0.6) is 0 Å². The van der Waals surface area contributed by atoms with Gasteiger partial charge in [0.1, 0.15) is 0 Å².